The maximum atomic E-state index is 10.7. The zero-order chi connectivity index (χ0) is 14.6. The number of aliphatic hydroxyl groups excluding tert-OH is 1. The summed E-state index contributed by atoms with van der Waals surface area (Å²) in [6, 6.07) is 5.37. The molecule has 0 radical (unpaired) electrons. The standard InChI is InChI=1S/C15H20Cl2O3/c1-2-20-15(6-8-19-9-7-15)14(18)10-11-12(16)4-3-5-13(11)17/h3-5,14,18H,2,6-10H2,1H3. The number of rotatable bonds is 5. The molecule has 3 nitrogen and oxygen atoms in total. The minimum absolute atomic E-state index is 0.387. The van der Waals surface area contributed by atoms with E-state index in [0.29, 0.717) is 49.1 Å². The van der Waals surface area contributed by atoms with Gasteiger partial charge in [-0.3, -0.25) is 0 Å². The van der Waals surface area contributed by atoms with Crippen molar-refractivity contribution in [1.29, 1.82) is 0 Å². The Morgan fingerprint density at radius 2 is 1.90 bits per heavy atom. The van der Waals surface area contributed by atoms with E-state index >= 15 is 0 Å². The van der Waals surface area contributed by atoms with Crippen LogP contribution in [-0.2, 0) is 15.9 Å². The quantitative estimate of drug-likeness (QED) is 0.903. The van der Waals surface area contributed by atoms with E-state index in [4.69, 9.17) is 32.7 Å². The van der Waals surface area contributed by atoms with Gasteiger partial charge in [0.05, 0.1) is 11.7 Å². The molecule has 1 fully saturated rings. The normalized spacial score (nSPS) is 19.8. The Labute approximate surface area is 129 Å². The van der Waals surface area contributed by atoms with Gasteiger partial charge in [-0.25, -0.2) is 0 Å². The lowest BCUT2D eigenvalue weighted by Crippen LogP contribution is -2.50. The van der Waals surface area contributed by atoms with Crippen LogP contribution in [0.1, 0.15) is 25.3 Å². The molecule has 1 aromatic carbocycles. The van der Waals surface area contributed by atoms with Crippen LogP contribution in [0, 0.1) is 0 Å². The van der Waals surface area contributed by atoms with Crippen LogP contribution in [0.3, 0.4) is 0 Å². The number of halogens is 2. The maximum Gasteiger partial charge on any atom is 0.0987 e. The van der Waals surface area contributed by atoms with Crippen molar-refractivity contribution in [3.63, 3.8) is 0 Å². The Morgan fingerprint density at radius 3 is 2.45 bits per heavy atom. The van der Waals surface area contributed by atoms with E-state index in [2.05, 4.69) is 0 Å². The summed E-state index contributed by atoms with van der Waals surface area (Å²) in [5.74, 6) is 0. The Bertz CT molecular complexity index is 419. The second kappa shape index (κ2) is 7.10. The van der Waals surface area contributed by atoms with Crippen LogP contribution in [0.5, 0.6) is 0 Å². The van der Waals surface area contributed by atoms with Crippen LogP contribution in [0.25, 0.3) is 0 Å². The summed E-state index contributed by atoms with van der Waals surface area (Å²) in [5, 5.41) is 11.8. The summed E-state index contributed by atoms with van der Waals surface area (Å²) in [6.45, 7) is 3.71. The minimum Gasteiger partial charge on any atom is -0.390 e. The Morgan fingerprint density at radius 1 is 1.30 bits per heavy atom. The fourth-order valence-corrected chi connectivity index (χ4v) is 3.24. The minimum atomic E-state index is -0.649. The van der Waals surface area contributed by atoms with Crippen molar-refractivity contribution in [3.8, 4) is 0 Å². The van der Waals surface area contributed by atoms with Crippen molar-refractivity contribution >= 4 is 23.2 Å². The van der Waals surface area contributed by atoms with Gasteiger partial charge in [0.15, 0.2) is 0 Å². The number of aliphatic hydroxyl groups is 1. The second-order valence-corrected chi connectivity index (χ2v) is 5.84. The molecule has 1 aliphatic rings. The summed E-state index contributed by atoms with van der Waals surface area (Å²) >= 11 is 12.3. The van der Waals surface area contributed by atoms with Crippen molar-refractivity contribution in [1.82, 2.24) is 0 Å². The summed E-state index contributed by atoms with van der Waals surface area (Å²) in [4.78, 5) is 0. The monoisotopic (exact) mass is 318 g/mol. The zero-order valence-electron chi connectivity index (χ0n) is 11.6. The van der Waals surface area contributed by atoms with Gasteiger partial charge < -0.3 is 14.6 Å². The number of hydrogen-bond donors (Lipinski definition) is 1. The van der Waals surface area contributed by atoms with E-state index in [0.717, 1.165) is 5.56 Å². The van der Waals surface area contributed by atoms with Gasteiger partial charge in [0.2, 0.25) is 0 Å². The molecule has 1 atom stereocenters. The van der Waals surface area contributed by atoms with Crippen LogP contribution < -0.4 is 0 Å². The molecule has 112 valence electrons. The topological polar surface area (TPSA) is 38.7 Å². The fraction of sp³-hybridized carbons (Fsp3) is 0.600. The van der Waals surface area contributed by atoms with Crippen LogP contribution in [0.4, 0.5) is 0 Å². The van der Waals surface area contributed by atoms with Gasteiger partial charge in [0.1, 0.15) is 0 Å². The first-order chi connectivity index (χ1) is 9.59. The molecule has 0 bridgehead atoms. The predicted octanol–water partition coefficient (Wildman–Crippen LogP) is 3.48. The lowest BCUT2D eigenvalue weighted by Gasteiger charge is -2.40. The van der Waals surface area contributed by atoms with Crippen molar-refractivity contribution in [3.05, 3.63) is 33.8 Å². The highest BCUT2D eigenvalue weighted by molar-refractivity contribution is 6.36. The first-order valence-electron chi connectivity index (χ1n) is 6.92. The first-order valence-corrected chi connectivity index (χ1v) is 7.67. The van der Waals surface area contributed by atoms with E-state index in [1.165, 1.54) is 0 Å². The van der Waals surface area contributed by atoms with Gasteiger partial charge in [-0.15, -0.1) is 0 Å². The van der Waals surface area contributed by atoms with Gasteiger partial charge in [0, 0.05) is 49.1 Å². The van der Waals surface area contributed by atoms with Gasteiger partial charge in [-0.05, 0) is 24.6 Å². The van der Waals surface area contributed by atoms with Gasteiger partial charge in [-0.2, -0.15) is 0 Å². The Balaban J connectivity index is 2.18. The van der Waals surface area contributed by atoms with Crippen LogP contribution >= 0.6 is 23.2 Å². The van der Waals surface area contributed by atoms with E-state index in [1.807, 2.05) is 6.92 Å². The molecule has 1 heterocycles. The van der Waals surface area contributed by atoms with Gasteiger partial charge >= 0.3 is 0 Å². The lowest BCUT2D eigenvalue weighted by atomic mass is 9.84. The second-order valence-electron chi connectivity index (χ2n) is 5.03. The van der Waals surface area contributed by atoms with Crippen molar-refractivity contribution < 1.29 is 14.6 Å². The van der Waals surface area contributed by atoms with Gasteiger partial charge in [0.25, 0.3) is 0 Å². The van der Waals surface area contributed by atoms with E-state index in [-0.39, 0.29) is 0 Å². The van der Waals surface area contributed by atoms with Crippen molar-refractivity contribution in [2.45, 2.75) is 37.9 Å². The highest BCUT2D eigenvalue weighted by atomic mass is 35.5. The third-order valence-corrected chi connectivity index (χ3v) is 4.55. The Kier molecular flexibility index (Phi) is 5.70. The molecule has 0 aliphatic carbocycles. The van der Waals surface area contributed by atoms with Gasteiger partial charge in [-0.1, -0.05) is 29.3 Å². The molecule has 1 unspecified atom stereocenters. The lowest BCUT2D eigenvalue weighted by molar-refractivity contribution is -0.165. The van der Waals surface area contributed by atoms with Crippen LogP contribution in [0.2, 0.25) is 10.0 Å². The molecule has 0 saturated carbocycles. The maximum absolute atomic E-state index is 10.7. The summed E-state index contributed by atoms with van der Waals surface area (Å²) < 4.78 is 11.2. The number of hydrogen-bond acceptors (Lipinski definition) is 3. The molecule has 0 amide bonds. The van der Waals surface area contributed by atoms with Crippen LogP contribution in [-0.4, -0.2) is 36.6 Å². The largest absolute Gasteiger partial charge is 0.390 e. The third kappa shape index (κ3) is 3.46. The molecular formula is C15H20Cl2O3. The molecule has 0 aromatic heterocycles. The summed E-state index contributed by atoms with van der Waals surface area (Å²) in [6.07, 6.45) is 1.11. The predicted molar refractivity (Wildman–Crippen MR) is 80.6 cm³/mol. The van der Waals surface area contributed by atoms with E-state index in [9.17, 15) is 5.11 Å². The SMILES string of the molecule is CCOC1(C(O)Cc2c(Cl)cccc2Cl)CCOCC1. The molecule has 2 rings (SSSR count). The smallest absolute Gasteiger partial charge is 0.0987 e. The fourth-order valence-electron chi connectivity index (χ4n) is 2.68. The zero-order valence-corrected chi connectivity index (χ0v) is 13.1. The third-order valence-electron chi connectivity index (χ3n) is 3.84. The van der Waals surface area contributed by atoms with Crippen LogP contribution in [0.15, 0.2) is 18.2 Å². The van der Waals surface area contributed by atoms with E-state index < -0.39 is 11.7 Å². The molecular weight excluding hydrogens is 299 g/mol. The van der Waals surface area contributed by atoms with Crippen molar-refractivity contribution in [2.24, 2.45) is 0 Å². The Hall–Kier alpha value is -0.320. The average Bonchev–Trinajstić information content (AvgIpc) is 2.44. The molecule has 1 aliphatic heterocycles. The molecule has 20 heavy (non-hydrogen) atoms. The molecule has 0 spiro atoms. The number of benzene rings is 1. The highest BCUT2D eigenvalue weighted by Crippen LogP contribution is 2.33. The number of ether oxygens (including phenoxy) is 2. The molecule has 1 N–H and O–H groups in total. The molecule has 1 aromatic rings. The molecule has 1 saturated heterocycles. The van der Waals surface area contributed by atoms with E-state index in [1.54, 1.807) is 18.2 Å². The summed E-state index contributed by atoms with van der Waals surface area (Å²) in [7, 11) is 0. The van der Waals surface area contributed by atoms with Crippen molar-refractivity contribution in [2.75, 3.05) is 19.8 Å². The highest BCUT2D eigenvalue weighted by Gasteiger charge is 2.40. The summed E-state index contributed by atoms with van der Waals surface area (Å²) in [5.41, 5.74) is 0.212. The average molecular weight is 319 g/mol. The first kappa shape index (κ1) is 16.1. The molecule has 5 heteroatoms.